The summed E-state index contributed by atoms with van der Waals surface area (Å²) in [7, 11) is 0. The fourth-order valence-electron chi connectivity index (χ4n) is 6.84. The van der Waals surface area contributed by atoms with Crippen molar-refractivity contribution in [1.29, 1.82) is 5.26 Å². The minimum atomic E-state index is -4.64. The highest BCUT2D eigenvalue weighted by Gasteiger charge is 2.42. The monoisotopic (exact) mass is 608 g/mol. The molecule has 3 aliphatic carbocycles. The van der Waals surface area contributed by atoms with E-state index in [1.54, 1.807) is 18.3 Å². The van der Waals surface area contributed by atoms with Crippen LogP contribution in [0.2, 0.25) is 0 Å². The molecule has 1 unspecified atom stereocenters. The number of benzene rings is 4. The van der Waals surface area contributed by atoms with E-state index in [-0.39, 0.29) is 17.2 Å². The van der Waals surface area contributed by atoms with Gasteiger partial charge in [-0.1, -0.05) is 74.2 Å². The van der Waals surface area contributed by atoms with Crippen molar-refractivity contribution >= 4 is 16.9 Å². The second-order valence-corrected chi connectivity index (χ2v) is 11.4. The van der Waals surface area contributed by atoms with Crippen LogP contribution < -0.4 is 0 Å². The van der Waals surface area contributed by atoms with Crippen molar-refractivity contribution in [1.82, 2.24) is 0 Å². The summed E-state index contributed by atoms with van der Waals surface area (Å²) in [5.74, 6) is -0.0251. The predicted molar refractivity (Wildman–Crippen MR) is 163 cm³/mol. The number of nitriles is 1. The summed E-state index contributed by atoms with van der Waals surface area (Å²) in [5, 5.41) is 9.83. The third-order valence-electron chi connectivity index (χ3n) is 8.80. The lowest BCUT2D eigenvalue weighted by Gasteiger charge is -2.26. The highest BCUT2D eigenvalue weighted by Crippen LogP contribution is 2.59. The van der Waals surface area contributed by atoms with Gasteiger partial charge in [-0.2, -0.15) is 36.6 Å². The lowest BCUT2D eigenvalue weighted by atomic mass is 9.76. The van der Waals surface area contributed by atoms with Gasteiger partial charge in [0, 0.05) is 22.3 Å². The van der Waals surface area contributed by atoms with Gasteiger partial charge in [-0.3, -0.25) is 0 Å². The van der Waals surface area contributed by atoms with Crippen LogP contribution in [0.5, 0.6) is 0 Å². The van der Waals surface area contributed by atoms with Gasteiger partial charge in [0.2, 0.25) is 6.19 Å². The molecule has 0 spiro atoms. The Bertz CT molecular complexity index is 2090. The SMILES string of the molecule is C=C1c2cc(C(F)(F)F)ccc2-c2c1c(C1=CC=CCC1C)c1c(c2-c2ccccc2)/C(=N/C#N)c2cc(C(F)(F)F)ccc2-1. The normalized spacial score (nSPS) is 17.5. The molecule has 0 saturated carbocycles. The molecule has 0 N–H and O–H groups in total. The zero-order valence-electron chi connectivity index (χ0n) is 23.7. The Morgan fingerprint density at radius 2 is 1.33 bits per heavy atom. The van der Waals surface area contributed by atoms with Crippen molar-refractivity contribution in [3.63, 3.8) is 0 Å². The maximum Gasteiger partial charge on any atom is 0.416 e. The van der Waals surface area contributed by atoms with E-state index < -0.39 is 23.5 Å². The third-order valence-corrected chi connectivity index (χ3v) is 8.80. The Hall–Kier alpha value is -5.16. The summed E-state index contributed by atoms with van der Waals surface area (Å²) in [6, 6.07) is 16.1. The number of hydrogen-bond donors (Lipinski definition) is 0. The number of fused-ring (bicyclic) bond motifs is 6. The Labute approximate surface area is 255 Å². The van der Waals surface area contributed by atoms with Gasteiger partial charge in [0.1, 0.15) is 0 Å². The number of hydrogen-bond acceptors (Lipinski definition) is 2. The molecule has 2 nitrogen and oxygen atoms in total. The second kappa shape index (κ2) is 9.93. The molecule has 1 atom stereocenters. The van der Waals surface area contributed by atoms with Gasteiger partial charge < -0.3 is 0 Å². The lowest BCUT2D eigenvalue weighted by molar-refractivity contribution is -0.138. The number of rotatable bonds is 2. The zero-order valence-corrected chi connectivity index (χ0v) is 23.7. The first-order valence-corrected chi connectivity index (χ1v) is 14.2. The summed E-state index contributed by atoms with van der Waals surface area (Å²) in [6.07, 6.45) is -0.883. The van der Waals surface area contributed by atoms with Crippen LogP contribution in [0.15, 0.2) is 96.5 Å². The Morgan fingerprint density at radius 1 is 0.733 bits per heavy atom. The smallest absolute Gasteiger partial charge is 0.172 e. The van der Waals surface area contributed by atoms with E-state index >= 15 is 0 Å². The Kier molecular flexibility index (Phi) is 6.31. The topological polar surface area (TPSA) is 36.1 Å². The van der Waals surface area contributed by atoms with Crippen LogP contribution in [-0.4, -0.2) is 5.71 Å². The fraction of sp³-hybridized carbons (Fsp3) is 0.135. The summed E-state index contributed by atoms with van der Waals surface area (Å²) >= 11 is 0. The molecule has 4 aromatic carbocycles. The number of allylic oxidation sites excluding steroid dienone is 4. The van der Waals surface area contributed by atoms with Gasteiger partial charge in [-0.05, 0) is 86.7 Å². The molecule has 0 saturated heterocycles. The first-order valence-electron chi connectivity index (χ1n) is 14.2. The van der Waals surface area contributed by atoms with Crippen LogP contribution in [0.25, 0.3) is 44.5 Å². The molecular formula is C37H22F6N2. The fourth-order valence-corrected chi connectivity index (χ4v) is 6.84. The number of halogens is 6. The highest BCUT2D eigenvalue weighted by molar-refractivity contribution is 6.32. The van der Waals surface area contributed by atoms with Gasteiger partial charge in [-0.15, -0.1) is 0 Å². The van der Waals surface area contributed by atoms with E-state index in [1.165, 1.54) is 12.1 Å². The van der Waals surface area contributed by atoms with E-state index in [4.69, 9.17) is 0 Å². The van der Waals surface area contributed by atoms with Crippen LogP contribution in [0, 0.1) is 17.4 Å². The molecule has 0 fully saturated rings. The lowest BCUT2D eigenvalue weighted by Crippen LogP contribution is -2.09. The minimum absolute atomic E-state index is 0.0251. The summed E-state index contributed by atoms with van der Waals surface area (Å²) < 4.78 is 83.7. The molecule has 3 aliphatic rings. The first kappa shape index (κ1) is 28.6. The molecular weight excluding hydrogens is 586 g/mol. The zero-order chi connectivity index (χ0) is 31.8. The van der Waals surface area contributed by atoms with E-state index in [9.17, 15) is 31.6 Å². The van der Waals surface area contributed by atoms with E-state index in [0.29, 0.717) is 67.6 Å². The second-order valence-electron chi connectivity index (χ2n) is 11.4. The molecule has 0 aromatic heterocycles. The van der Waals surface area contributed by atoms with Crippen LogP contribution in [-0.2, 0) is 12.4 Å². The van der Waals surface area contributed by atoms with Crippen molar-refractivity contribution in [3.8, 4) is 39.6 Å². The van der Waals surface area contributed by atoms with Crippen LogP contribution in [0.3, 0.4) is 0 Å². The average Bonchev–Trinajstić information content (AvgIpc) is 3.48. The maximum absolute atomic E-state index is 14.0. The predicted octanol–water partition coefficient (Wildman–Crippen LogP) is 10.7. The quantitative estimate of drug-likeness (QED) is 0.142. The van der Waals surface area contributed by atoms with E-state index in [1.807, 2.05) is 43.4 Å². The van der Waals surface area contributed by atoms with Crippen molar-refractivity contribution in [2.45, 2.75) is 25.7 Å². The van der Waals surface area contributed by atoms with Gasteiger partial charge in [-0.25, -0.2) is 0 Å². The molecule has 4 aromatic rings. The number of aliphatic imine (C=N–C) groups is 1. The van der Waals surface area contributed by atoms with Crippen LogP contribution in [0.1, 0.15) is 52.3 Å². The first-order chi connectivity index (χ1) is 21.4. The highest BCUT2D eigenvalue weighted by atomic mass is 19.4. The Morgan fingerprint density at radius 3 is 1.93 bits per heavy atom. The Balaban J connectivity index is 1.70. The van der Waals surface area contributed by atoms with Gasteiger partial charge in [0.05, 0.1) is 16.8 Å². The molecule has 0 bridgehead atoms. The van der Waals surface area contributed by atoms with Crippen molar-refractivity contribution in [2.75, 3.05) is 0 Å². The van der Waals surface area contributed by atoms with Crippen molar-refractivity contribution in [3.05, 3.63) is 130 Å². The average molecular weight is 609 g/mol. The van der Waals surface area contributed by atoms with Gasteiger partial charge in [0.25, 0.3) is 0 Å². The minimum Gasteiger partial charge on any atom is -0.172 e. The molecule has 0 heterocycles. The number of alkyl halides is 6. The molecule has 8 heteroatoms. The standard InChI is InChI=1S/C37H22F6N2/c1-19-8-6-7-11-24(19)31-29-20(2)27-16-22(36(38,39)40)12-14-25(27)32(29)30(21-9-4-3-5-10-21)34-33(31)26-15-13-23(37(41,42)43)17-28(26)35(34)45-18-44/h3-7,9-17,19H,2,8H2,1H3/b45-35+. The summed E-state index contributed by atoms with van der Waals surface area (Å²) in [4.78, 5) is 4.12. The van der Waals surface area contributed by atoms with Crippen LogP contribution >= 0.6 is 0 Å². The molecule has 45 heavy (non-hydrogen) atoms. The molecule has 0 amide bonds. The van der Waals surface area contributed by atoms with Crippen LogP contribution in [0.4, 0.5) is 26.3 Å². The molecule has 0 radical (unpaired) electrons. The van der Waals surface area contributed by atoms with Gasteiger partial charge >= 0.3 is 12.4 Å². The maximum atomic E-state index is 14.0. The molecule has 7 rings (SSSR count). The van der Waals surface area contributed by atoms with Crippen molar-refractivity contribution in [2.24, 2.45) is 10.9 Å². The van der Waals surface area contributed by atoms with E-state index in [2.05, 4.69) is 11.6 Å². The third kappa shape index (κ3) is 4.29. The largest absolute Gasteiger partial charge is 0.416 e. The van der Waals surface area contributed by atoms with Gasteiger partial charge in [0.15, 0.2) is 0 Å². The molecule has 222 valence electrons. The molecule has 0 aliphatic heterocycles. The van der Waals surface area contributed by atoms with E-state index in [0.717, 1.165) is 29.8 Å². The number of nitrogens with zero attached hydrogens (tertiary/aromatic N) is 2. The summed E-state index contributed by atoms with van der Waals surface area (Å²) in [6.45, 7) is 6.34. The van der Waals surface area contributed by atoms with Crippen molar-refractivity contribution < 1.29 is 26.3 Å². The summed E-state index contributed by atoms with van der Waals surface area (Å²) in [5.41, 5.74) is 5.36.